The summed E-state index contributed by atoms with van der Waals surface area (Å²) in [4.78, 5) is 42.6. The molecule has 190 valence electrons. The van der Waals surface area contributed by atoms with E-state index >= 15 is 0 Å². The van der Waals surface area contributed by atoms with E-state index in [1.54, 1.807) is 42.6 Å². The molecule has 1 N–H and O–H groups in total. The van der Waals surface area contributed by atoms with E-state index in [4.69, 9.17) is 0 Å². The van der Waals surface area contributed by atoms with Crippen molar-refractivity contribution in [2.75, 3.05) is 4.90 Å². The molecule has 0 saturated carbocycles. The Morgan fingerprint density at radius 3 is 2.03 bits per heavy atom. The molecule has 1 aliphatic heterocycles. The molecule has 39 heavy (non-hydrogen) atoms. The normalized spacial score (nSPS) is 24.4. The zero-order chi connectivity index (χ0) is 26.7. The highest BCUT2D eigenvalue weighted by atomic mass is 79.9. The molecule has 4 aromatic carbocycles. The van der Waals surface area contributed by atoms with Gasteiger partial charge in [-0.3, -0.25) is 14.4 Å². The number of carbonyl (C=O) groups is 3. The Balaban J connectivity index is 1.41. The van der Waals surface area contributed by atoms with Crippen molar-refractivity contribution in [3.8, 4) is 0 Å². The highest BCUT2D eigenvalue weighted by molar-refractivity contribution is 9.10. The van der Waals surface area contributed by atoms with Gasteiger partial charge in [0.2, 0.25) is 11.8 Å². The summed E-state index contributed by atoms with van der Waals surface area (Å²) in [6.45, 7) is 0. The molecular formula is C32H22BrN3O3. The largest absolute Gasteiger partial charge is 0.274 e. The summed E-state index contributed by atoms with van der Waals surface area (Å²) in [5, 5.41) is 4.45. The molecule has 0 unspecified atom stereocenters. The van der Waals surface area contributed by atoms with E-state index in [1.807, 2.05) is 66.7 Å². The molecule has 1 saturated heterocycles. The number of benzene rings is 4. The predicted molar refractivity (Wildman–Crippen MR) is 152 cm³/mol. The summed E-state index contributed by atoms with van der Waals surface area (Å²) in [6.07, 6.45) is 1.68. The van der Waals surface area contributed by atoms with E-state index in [2.05, 4.69) is 26.5 Å². The van der Waals surface area contributed by atoms with Crippen LogP contribution in [0, 0.1) is 11.8 Å². The van der Waals surface area contributed by atoms with Gasteiger partial charge in [0.25, 0.3) is 5.91 Å². The van der Waals surface area contributed by atoms with Gasteiger partial charge in [0.1, 0.15) is 0 Å². The van der Waals surface area contributed by atoms with Gasteiger partial charge in [0, 0.05) is 22.2 Å². The van der Waals surface area contributed by atoms with Crippen LogP contribution in [0.5, 0.6) is 0 Å². The molecule has 1 heterocycles. The first-order valence-electron chi connectivity index (χ1n) is 12.7. The zero-order valence-electron chi connectivity index (χ0n) is 20.6. The SMILES string of the molecule is O=C(N/N=C\C12c3ccccc3C(c3ccccc31)[C@H]1C(=O)N(c3ccc(Br)cc3)C(=O)[C@H]12)c1ccccc1. The number of rotatable bonds is 4. The fourth-order valence-electron chi connectivity index (χ4n) is 6.74. The number of halogens is 1. The summed E-state index contributed by atoms with van der Waals surface area (Å²) < 4.78 is 0.861. The van der Waals surface area contributed by atoms with E-state index in [-0.39, 0.29) is 23.6 Å². The second-order valence-electron chi connectivity index (χ2n) is 10.1. The van der Waals surface area contributed by atoms with E-state index in [0.29, 0.717) is 11.3 Å². The standard InChI is InChI=1S/C32H22BrN3O3/c33-20-14-16-21(17-15-20)36-30(38)27-26-22-10-4-6-12-24(22)32(28(27)31(36)39,25-13-7-5-11-23(25)26)18-34-35-29(37)19-8-2-1-3-9-19/h1-18,26-28H,(H,35,37)/b34-18-/t26?,27-,28+,32?/m1/s1. The van der Waals surface area contributed by atoms with Crippen LogP contribution in [-0.2, 0) is 15.0 Å². The third-order valence-electron chi connectivity index (χ3n) is 8.24. The number of carbonyl (C=O) groups excluding carboxylic acids is 3. The highest BCUT2D eigenvalue weighted by Gasteiger charge is 2.68. The molecule has 4 aliphatic rings. The Bertz CT molecular complexity index is 1640. The van der Waals surface area contributed by atoms with E-state index in [0.717, 1.165) is 26.7 Å². The molecule has 1 fully saturated rings. The van der Waals surface area contributed by atoms with Gasteiger partial charge >= 0.3 is 0 Å². The Kier molecular flexibility index (Phi) is 5.39. The van der Waals surface area contributed by atoms with Crippen LogP contribution >= 0.6 is 15.9 Å². The Labute approximate surface area is 233 Å². The van der Waals surface area contributed by atoms with Crippen LogP contribution in [-0.4, -0.2) is 23.9 Å². The topological polar surface area (TPSA) is 78.8 Å². The maximum Gasteiger partial charge on any atom is 0.271 e. The number of nitrogens with zero attached hydrogens (tertiary/aromatic N) is 2. The predicted octanol–water partition coefficient (Wildman–Crippen LogP) is 5.42. The lowest BCUT2D eigenvalue weighted by atomic mass is 9.47. The number of hydrogen-bond acceptors (Lipinski definition) is 4. The lowest BCUT2D eigenvalue weighted by Crippen LogP contribution is -2.54. The minimum atomic E-state index is -1.03. The number of imide groups is 1. The van der Waals surface area contributed by atoms with Crippen molar-refractivity contribution >= 4 is 45.6 Å². The van der Waals surface area contributed by atoms with Crippen LogP contribution in [0.4, 0.5) is 5.69 Å². The fraction of sp³-hybridized carbons (Fsp3) is 0.125. The first kappa shape index (κ1) is 23.7. The van der Waals surface area contributed by atoms with Gasteiger partial charge in [-0.25, -0.2) is 10.3 Å². The first-order valence-corrected chi connectivity index (χ1v) is 13.5. The van der Waals surface area contributed by atoms with Crippen LogP contribution in [0.1, 0.15) is 38.5 Å². The van der Waals surface area contributed by atoms with Crippen molar-refractivity contribution < 1.29 is 14.4 Å². The maximum atomic E-state index is 14.3. The summed E-state index contributed by atoms with van der Waals surface area (Å²) >= 11 is 3.44. The van der Waals surface area contributed by atoms with Crippen molar-refractivity contribution in [1.82, 2.24) is 5.43 Å². The third-order valence-corrected chi connectivity index (χ3v) is 8.77. The minimum Gasteiger partial charge on any atom is -0.274 e. The molecule has 0 radical (unpaired) electrons. The highest BCUT2D eigenvalue weighted by Crippen LogP contribution is 2.63. The smallest absolute Gasteiger partial charge is 0.271 e. The molecule has 7 heteroatoms. The third kappa shape index (κ3) is 3.32. The molecule has 3 aliphatic carbocycles. The molecule has 2 atom stereocenters. The van der Waals surface area contributed by atoms with Gasteiger partial charge in [-0.1, -0.05) is 82.7 Å². The Morgan fingerprint density at radius 1 is 0.795 bits per heavy atom. The second-order valence-corrected chi connectivity index (χ2v) is 11.0. The van der Waals surface area contributed by atoms with Gasteiger partial charge in [-0.15, -0.1) is 0 Å². The van der Waals surface area contributed by atoms with Gasteiger partial charge < -0.3 is 0 Å². The second kappa shape index (κ2) is 8.85. The van der Waals surface area contributed by atoms with Crippen LogP contribution in [0.25, 0.3) is 0 Å². The number of anilines is 1. The van der Waals surface area contributed by atoms with Crippen molar-refractivity contribution in [3.63, 3.8) is 0 Å². The monoisotopic (exact) mass is 575 g/mol. The minimum absolute atomic E-state index is 0.215. The average molecular weight is 576 g/mol. The molecule has 0 aromatic heterocycles. The molecule has 0 spiro atoms. The summed E-state index contributed by atoms with van der Waals surface area (Å²) in [7, 11) is 0. The van der Waals surface area contributed by atoms with Gasteiger partial charge in [-0.2, -0.15) is 5.10 Å². The molecule has 6 nitrogen and oxygen atoms in total. The Morgan fingerprint density at radius 2 is 1.38 bits per heavy atom. The number of hydrazone groups is 1. The van der Waals surface area contributed by atoms with Crippen molar-refractivity contribution in [3.05, 3.63) is 135 Å². The molecule has 4 aromatic rings. The molecule has 8 rings (SSSR count). The van der Waals surface area contributed by atoms with E-state index < -0.39 is 17.3 Å². The van der Waals surface area contributed by atoms with Crippen molar-refractivity contribution in [2.45, 2.75) is 11.3 Å². The van der Waals surface area contributed by atoms with Crippen molar-refractivity contribution in [1.29, 1.82) is 0 Å². The van der Waals surface area contributed by atoms with Gasteiger partial charge in [0.15, 0.2) is 0 Å². The number of hydrogen-bond donors (Lipinski definition) is 1. The summed E-state index contributed by atoms with van der Waals surface area (Å²) in [5.41, 5.74) is 6.54. The molecule has 2 bridgehead atoms. The zero-order valence-corrected chi connectivity index (χ0v) is 22.2. The number of nitrogens with one attached hydrogen (secondary N) is 1. The Hall–Kier alpha value is -4.36. The first-order chi connectivity index (χ1) is 19.0. The van der Waals surface area contributed by atoms with Gasteiger partial charge in [-0.05, 0) is 58.7 Å². The number of amides is 3. The lowest BCUT2D eigenvalue weighted by molar-refractivity contribution is -0.122. The van der Waals surface area contributed by atoms with Crippen LogP contribution in [0.3, 0.4) is 0 Å². The quantitative estimate of drug-likeness (QED) is 0.200. The summed E-state index contributed by atoms with van der Waals surface area (Å²) in [5.74, 6) is -2.39. The van der Waals surface area contributed by atoms with Gasteiger partial charge in [0.05, 0.1) is 22.9 Å². The van der Waals surface area contributed by atoms with Crippen LogP contribution in [0.15, 0.2) is 113 Å². The van der Waals surface area contributed by atoms with E-state index in [9.17, 15) is 14.4 Å². The van der Waals surface area contributed by atoms with Crippen LogP contribution in [0.2, 0.25) is 0 Å². The van der Waals surface area contributed by atoms with Crippen LogP contribution < -0.4 is 10.3 Å². The fourth-order valence-corrected chi connectivity index (χ4v) is 7.01. The van der Waals surface area contributed by atoms with E-state index in [1.165, 1.54) is 4.90 Å². The molecular weight excluding hydrogens is 554 g/mol. The molecule has 3 amide bonds. The average Bonchev–Trinajstić information content (AvgIpc) is 3.25. The van der Waals surface area contributed by atoms with Crippen molar-refractivity contribution in [2.24, 2.45) is 16.9 Å². The maximum absolute atomic E-state index is 14.3. The lowest BCUT2D eigenvalue weighted by Gasteiger charge is -2.52. The summed E-state index contributed by atoms with van der Waals surface area (Å²) in [6, 6.07) is 32.0.